The second-order valence-electron chi connectivity index (χ2n) is 5.97. The van der Waals surface area contributed by atoms with Crippen molar-refractivity contribution in [2.24, 2.45) is 5.73 Å². The average molecular weight is 424 g/mol. The standard InChI is InChI=1S/C21H16ClN5OS/c1-13-6-8-17(16(22)11-13)27-20(15(12-24)19(25)21(26)28)18-9-7-14(29-18)5-3-2-4-10-23/h6-9,11,25,27H,2,4H2,1H3,(H2,26,28)/p+2/b20-15-,25-19?. The van der Waals surface area contributed by atoms with Crippen LogP contribution < -0.4 is 16.5 Å². The molecule has 6 nitrogen and oxygen atoms in total. The zero-order valence-electron chi connectivity index (χ0n) is 15.6. The summed E-state index contributed by atoms with van der Waals surface area (Å²) < 4.78 is 0. The highest BCUT2D eigenvalue weighted by Crippen LogP contribution is 2.25. The number of nitrogens with zero attached hydrogens (tertiary/aromatic N) is 2. The minimum atomic E-state index is -0.879. The van der Waals surface area contributed by atoms with Crippen LogP contribution in [-0.2, 0) is 4.79 Å². The van der Waals surface area contributed by atoms with Crippen molar-refractivity contribution >= 4 is 45.9 Å². The van der Waals surface area contributed by atoms with Gasteiger partial charge in [-0.1, -0.05) is 29.5 Å². The van der Waals surface area contributed by atoms with E-state index in [1.54, 1.807) is 23.5 Å². The molecule has 0 radical (unpaired) electrons. The number of amides is 1. The number of unbranched alkanes of at least 4 members (excludes halogenated alkanes) is 1. The molecule has 0 fully saturated rings. The number of carbonyl (C=O) groups is 1. The zero-order valence-corrected chi connectivity index (χ0v) is 17.2. The highest BCUT2D eigenvalue weighted by atomic mass is 35.5. The van der Waals surface area contributed by atoms with Crippen LogP contribution in [0, 0.1) is 41.4 Å². The lowest BCUT2D eigenvalue weighted by Crippen LogP contribution is -2.75. The molecule has 8 heteroatoms. The van der Waals surface area contributed by atoms with Gasteiger partial charge in [0.05, 0.1) is 15.8 Å². The van der Waals surface area contributed by atoms with E-state index in [0.29, 0.717) is 34.1 Å². The van der Waals surface area contributed by atoms with Gasteiger partial charge >= 0.3 is 5.91 Å². The van der Waals surface area contributed by atoms with Gasteiger partial charge < -0.3 is 5.73 Å². The van der Waals surface area contributed by atoms with Gasteiger partial charge in [0.25, 0.3) is 5.71 Å². The van der Waals surface area contributed by atoms with Crippen LogP contribution >= 0.6 is 22.9 Å². The predicted octanol–water partition coefficient (Wildman–Crippen LogP) is 1.18. The van der Waals surface area contributed by atoms with E-state index < -0.39 is 5.91 Å². The third kappa shape index (κ3) is 5.78. The van der Waals surface area contributed by atoms with E-state index in [1.165, 1.54) is 11.3 Å². The highest BCUT2D eigenvalue weighted by molar-refractivity contribution is 7.13. The van der Waals surface area contributed by atoms with Gasteiger partial charge in [-0.05, 0) is 30.7 Å². The molecule has 1 heterocycles. The molecule has 0 aliphatic heterocycles. The molecule has 29 heavy (non-hydrogen) atoms. The maximum atomic E-state index is 11.6. The number of primary amides is 1. The van der Waals surface area contributed by atoms with Crippen molar-refractivity contribution in [3.63, 3.8) is 0 Å². The second kappa shape index (κ2) is 10.2. The molecular formula is C21H18ClN5OS+2. The van der Waals surface area contributed by atoms with Crippen molar-refractivity contribution in [1.29, 1.82) is 10.5 Å². The Hall–Kier alpha value is -3.41. The fourth-order valence-electron chi connectivity index (χ4n) is 2.38. The van der Waals surface area contributed by atoms with Crippen LogP contribution in [-0.4, -0.2) is 11.6 Å². The SMILES string of the molecule is Cc1ccc([NH2+]/C(=C(/C#N)C(=[NH2+])C(N)=O)c2ccc(C#CCCC#N)s2)c(Cl)c1. The summed E-state index contributed by atoms with van der Waals surface area (Å²) in [6, 6.07) is 13.1. The maximum Gasteiger partial charge on any atom is 0.314 e. The van der Waals surface area contributed by atoms with Gasteiger partial charge in [-0.2, -0.15) is 10.5 Å². The van der Waals surface area contributed by atoms with E-state index in [9.17, 15) is 10.1 Å². The molecule has 0 aliphatic carbocycles. The minimum absolute atomic E-state index is 0.0278. The number of nitriles is 2. The van der Waals surface area contributed by atoms with E-state index in [2.05, 4.69) is 11.8 Å². The third-order valence-corrected chi connectivity index (χ3v) is 5.18. The van der Waals surface area contributed by atoms with Crippen molar-refractivity contribution in [1.82, 2.24) is 0 Å². The van der Waals surface area contributed by atoms with Gasteiger partial charge in [0.15, 0.2) is 17.0 Å². The first kappa shape index (κ1) is 21.9. The number of rotatable bonds is 6. The second-order valence-corrected chi connectivity index (χ2v) is 7.46. The van der Waals surface area contributed by atoms with Gasteiger partial charge in [0.1, 0.15) is 11.1 Å². The van der Waals surface area contributed by atoms with Gasteiger partial charge in [0, 0.05) is 18.9 Å². The molecule has 1 aromatic carbocycles. The van der Waals surface area contributed by atoms with Crippen LogP contribution in [0.15, 0.2) is 35.9 Å². The Balaban J connectivity index is 2.53. The minimum Gasteiger partial charge on any atom is -0.360 e. The Kier molecular flexibility index (Phi) is 7.71. The first-order chi connectivity index (χ1) is 13.9. The fraction of sp³-hybridized carbons (Fsp3) is 0.143. The molecule has 0 saturated heterocycles. The molecule has 1 aromatic heterocycles. The summed E-state index contributed by atoms with van der Waals surface area (Å²) in [6.45, 7) is 1.92. The molecular weight excluding hydrogens is 406 g/mol. The highest BCUT2D eigenvalue weighted by Gasteiger charge is 2.27. The molecule has 2 aromatic rings. The molecule has 6 N–H and O–H groups in total. The number of benzene rings is 1. The molecule has 0 unspecified atom stereocenters. The number of hydrogen-bond acceptors (Lipinski definition) is 4. The molecule has 144 valence electrons. The molecule has 0 bridgehead atoms. The number of nitrogens with two attached hydrogens (primary N) is 3. The van der Waals surface area contributed by atoms with Crippen molar-refractivity contribution < 1.29 is 15.5 Å². The normalized spacial score (nSPS) is 10.8. The molecule has 1 amide bonds. The summed E-state index contributed by atoms with van der Waals surface area (Å²) >= 11 is 7.68. The molecule has 0 aliphatic rings. The lowest BCUT2D eigenvalue weighted by molar-refractivity contribution is -0.469. The summed E-state index contributed by atoms with van der Waals surface area (Å²) in [4.78, 5) is 13.0. The lowest BCUT2D eigenvalue weighted by atomic mass is 10.1. The van der Waals surface area contributed by atoms with E-state index in [1.807, 2.05) is 31.2 Å². The van der Waals surface area contributed by atoms with Gasteiger partial charge in [-0.3, -0.25) is 10.1 Å². The Labute approximate surface area is 177 Å². The van der Waals surface area contributed by atoms with Crippen molar-refractivity contribution in [2.75, 3.05) is 0 Å². The number of aryl methyl sites for hydroxylation is 1. The van der Waals surface area contributed by atoms with Crippen LogP contribution in [0.3, 0.4) is 0 Å². The van der Waals surface area contributed by atoms with Crippen LogP contribution in [0.1, 0.15) is 28.2 Å². The Bertz CT molecular complexity index is 1140. The lowest BCUT2D eigenvalue weighted by Gasteiger charge is -2.07. The molecule has 0 saturated carbocycles. The molecule has 2 rings (SSSR count). The zero-order chi connectivity index (χ0) is 21.4. The summed E-state index contributed by atoms with van der Waals surface area (Å²) in [5.41, 5.74) is 7.05. The quantitative estimate of drug-likeness (QED) is 0.212. The fourth-order valence-corrected chi connectivity index (χ4v) is 3.57. The monoisotopic (exact) mass is 423 g/mol. The third-order valence-electron chi connectivity index (χ3n) is 3.82. The molecule has 0 spiro atoms. The number of carbonyl (C=O) groups excluding carboxylic acids is 1. The Morgan fingerprint density at radius 3 is 2.66 bits per heavy atom. The summed E-state index contributed by atoms with van der Waals surface area (Å²) in [6.07, 6.45) is 0.835. The Morgan fingerprint density at radius 2 is 2.03 bits per heavy atom. The number of thiophene rings is 1. The van der Waals surface area contributed by atoms with E-state index in [0.717, 1.165) is 10.4 Å². The Morgan fingerprint density at radius 1 is 1.28 bits per heavy atom. The average Bonchev–Trinajstić information content (AvgIpc) is 3.15. The van der Waals surface area contributed by atoms with Crippen molar-refractivity contribution in [3.8, 4) is 24.0 Å². The summed E-state index contributed by atoms with van der Waals surface area (Å²) in [5, 5.41) is 26.2. The van der Waals surface area contributed by atoms with E-state index >= 15 is 0 Å². The first-order valence-corrected chi connectivity index (χ1v) is 9.70. The number of hydrogen-bond donors (Lipinski definition) is 3. The number of quaternary nitrogens is 1. The number of halogens is 1. The first-order valence-electron chi connectivity index (χ1n) is 8.51. The summed E-state index contributed by atoms with van der Waals surface area (Å²) in [7, 11) is 0. The summed E-state index contributed by atoms with van der Waals surface area (Å²) in [5.74, 6) is 5.04. The smallest absolute Gasteiger partial charge is 0.314 e. The predicted molar refractivity (Wildman–Crippen MR) is 112 cm³/mol. The van der Waals surface area contributed by atoms with Gasteiger partial charge in [0.2, 0.25) is 0 Å². The van der Waals surface area contributed by atoms with Gasteiger partial charge in [-0.25, -0.2) is 5.41 Å². The van der Waals surface area contributed by atoms with Crippen LogP contribution in [0.5, 0.6) is 0 Å². The van der Waals surface area contributed by atoms with Crippen molar-refractivity contribution in [3.05, 3.63) is 56.2 Å². The van der Waals surface area contributed by atoms with Crippen molar-refractivity contribution in [2.45, 2.75) is 19.8 Å². The molecule has 0 atom stereocenters. The largest absolute Gasteiger partial charge is 0.360 e. The van der Waals surface area contributed by atoms with Crippen LogP contribution in [0.25, 0.3) is 5.70 Å². The van der Waals surface area contributed by atoms with E-state index in [-0.39, 0.29) is 11.3 Å². The topological polar surface area (TPSA) is 133 Å². The maximum absolute atomic E-state index is 11.6. The van der Waals surface area contributed by atoms with Crippen LogP contribution in [0.4, 0.5) is 5.69 Å². The van der Waals surface area contributed by atoms with Crippen LogP contribution in [0.2, 0.25) is 5.02 Å². The van der Waals surface area contributed by atoms with Gasteiger partial charge in [-0.15, -0.1) is 11.3 Å². The van der Waals surface area contributed by atoms with E-state index in [4.69, 9.17) is 28.0 Å².